The Kier molecular flexibility index (Phi) is 1.93. The molecule has 0 aliphatic carbocycles. The van der Waals surface area contributed by atoms with Crippen LogP contribution in [0.25, 0.3) is 10.9 Å². The molecule has 0 atom stereocenters. The van der Waals surface area contributed by atoms with Crippen LogP contribution in [0.4, 0.5) is 0 Å². The lowest BCUT2D eigenvalue weighted by Crippen LogP contribution is -1.89. The molecule has 3 nitrogen and oxygen atoms in total. The van der Waals surface area contributed by atoms with Gasteiger partial charge in [-0.3, -0.25) is 9.59 Å². The molecule has 2 aromatic rings. The zero-order valence-corrected chi connectivity index (χ0v) is 7.70. The SMILES string of the molecule is CC(=O)c1cc2c(C=O)cccc2[nH]1. The van der Waals surface area contributed by atoms with E-state index in [2.05, 4.69) is 4.98 Å². The van der Waals surface area contributed by atoms with Gasteiger partial charge in [0, 0.05) is 23.4 Å². The molecule has 0 bridgehead atoms. The second kappa shape index (κ2) is 3.10. The summed E-state index contributed by atoms with van der Waals surface area (Å²) in [6.45, 7) is 1.49. The van der Waals surface area contributed by atoms with Crippen molar-refractivity contribution in [2.24, 2.45) is 0 Å². The summed E-state index contributed by atoms with van der Waals surface area (Å²) in [6, 6.07) is 7.07. The van der Waals surface area contributed by atoms with Crippen molar-refractivity contribution in [1.29, 1.82) is 0 Å². The molecule has 0 spiro atoms. The van der Waals surface area contributed by atoms with Gasteiger partial charge in [-0.05, 0) is 12.1 Å². The second-order valence-electron chi connectivity index (χ2n) is 3.17. The Labute approximate surface area is 80.7 Å². The predicted octanol–water partition coefficient (Wildman–Crippen LogP) is 2.18. The summed E-state index contributed by atoms with van der Waals surface area (Å²) in [5.41, 5.74) is 1.96. The van der Waals surface area contributed by atoms with Crippen molar-refractivity contribution >= 4 is 23.0 Å². The van der Waals surface area contributed by atoms with Crippen LogP contribution in [0.5, 0.6) is 0 Å². The Balaban J connectivity index is 2.76. The van der Waals surface area contributed by atoms with Crippen molar-refractivity contribution in [3.8, 4) is 0 Å². The number of aldehydes is 1. The highest BCUT2D eigenvalue weighted by Gasteiger charge is 2.06. The molecule has 0 fully saturated rings. The molecule has 0 aliphatic rings. The van der Waals surface area contributed by atoms with Gasteiger partial charge in [0.05, 0.1) is 5.69 Å². The fraction of sp³-hybridized carbons (Fsp3) is 0.0909. The molecule has 2 rings (SSSR count). The van der Waals surface area contributed by atoms with Crippen LogP contribution in [0.15, 0.2) is 24.3 Å². The Bertz CT molecular complexity index is 511. The van der Waals surface area contributed by atoms with Crippen molar-refractivity contribution in [2.75, 3.05) is 0 Å². The maximum Gasteiger partial charge on any atom is 0.175 e. The quantitative estimate of drug-likeness (QED) is 0.578. The van der Waals surface area contributed by atoms with Gasteiger partial charge in [-0.1, -0.05) is 12.1 Å². The van der Waals surface area contributed by atoms with Crippen LogP contribution < -0.4 is 0 Å². The van der Waals surface area contributed by atoms with E-state index in [1.165, 1.54) is 6.92 Å². The van der Waals surface area contributed by atoms with E-state index in [1.807, 2.05) is 6.07 Å². The monoisotopic (exact) mass is 187 g/mol. The van der Waals surface area contributed by atoms with E-state index in [0.717, 1.165) is 17.2 Å². The van der Waals surface area contributed by atoms with Crippen LogP contribution in [0.3, 0.4) is 0 Å². The maximum absolute atomic E-state index is 11.1. The van der Waals surface area contributed by atoms with Gasteiger partial charge >= 0.3 is 0 Å². The van der Waals surface area contributed by atoms with Crippen LogP contribution in [0, 0.1) is 0 Å². The topological polar surface area (TPSA) is 49.9 Å². The zero-order chi connectivity index (χ0) is 10.1. The van der Waals surface area contributed by atoms with Crippen LogP contribution >= 0.6 is 0 Å². The van der Waals surface area contributed by atoms with E-state index in [9.17, 15) is 9.59 Å². The lowest BCUT2D eigenvalue weighted by atomic mass is 10.1. The number of hydrogen-bond donors (Lipinski definition) is 1. The number of hydrogen-bond acceptors (Lipinski definition) is 2. The number of nitrogens with one attached hydrogen (secondary N) is 1. The fourth-order valence-corrected chi connectivity index (χ4v) is 1.47. The highest BCUT2D eigenvalue weighted by molar-refractivity contribution is 6.03. The van der Waals surface area contributed by atoms with Crippen molar-refractivity contribution in [3.05, 3.63) is 35.5 Å². The summed E-state index contributed by atoms with van der Waals surface area (Å²) in [7, 11) is 0. The minimum Gasteiger partial charge on any atom is -0.352 e. The molecule has 0 radical (unpaired) electrons. The first kappa shape index (κ1) is 8.69. The van der Waals surface area contributed by atoms with Crippen LogP contribution in [0.2, 0.25) is 0 Å². The third kappa shape index (κ3) is 1.23. The average molecular weight is 187 g/mol. The molecule has 0 saturated heterocycles. The second-order valence-corrected chi connectivity index (χ2v) is 3.17. The van der Waals surface area contributed by atoms with E-state index in [4.69, 9.17) is 0 Å². The summed E-state index contributed by atoms with van der Waals surface area (Å²) in [4.78, 5) is 24.8. The minimum atomic E-state index is -0.0296. The smallest absolute Gasteiger partial charge is 0.175 e. The van der Waals surface area contributed by atoms with E-state index in [1.54, 1.807) is 18.2 Å². The van der Waals surface area contributed by atoms with E-state index in [0.29, 0.717) is 11.3 Å². The van der Waals surface area contributed by atoms with Crippen molar-refractivity contribution < 1.29 is 9.59 Å². The molecular weight excluding hydrogens is 178 g/mol. The molecule has 0 aliphatic heterocycles. The van der Waals surface area contributed by atoms with Crippen molar-refractivity contribution in [1.82, 2.24) is 4.98 Å². The first-order chi connectivity index (χ1) is 6.72. The normalized spacial score (nSPS) is 10.4. The van der Waals surface area contributed by atoms with Gasteiger partial charge in [-0.2, -0.15) is 0 Å². The molecule has 14 heavy (non-hydrogen) atoms. The highest BCUT2D eigenvalue weighted by atomic mass is 16.1. The Morgan fingerprint density at radius 2 is 2.21 bits per heavy atom. The van der Waals surface area contributed by atoms with Crippen molar-refractivity contribution in [2.45, 2.75) is 6.92 Å². The van der Waals surface area contributed by atoms with Gasteiger partial charge in [-0.15, -0.1) is 0 Å². The van der Waals surface area contributed by atoms with Crippen LogP contribution in [-0.4, -0.2) is 17.1 Å². The van der Waals surface area contributed by atoms with E-state index >= 15 is 0 Å². The Morgan fingerprint density at radius 1 is 1.43 bits per heavy atom. The van der Waals surface area contributed by atoms with Gasteiger partial charge < -0.3 is 4.98 Å². The number of benzene rings is 1. The molecule has 0 saturated carbocycles. The molecular formula is C11H9NO2. The third-order valence-corrected chi connectivity index (χ3v) is 2.20. The highest BCUT2D eigenvalue weighted by Crippen LogP contribution is 2.18. The average Bonchev–Trinajstić information content (AvgIpc) is 2.60. The molecule has 1 aromatic carbocycles. The number of fused-ring (bicyclic) bond motifs is 1. The first-order valence-corrected chi connectivity index (χ1v) is 4.30. The van der Waals surface area contributed by atoms with Crippen molar-refractivity contribution in [3.63, 3.8) is 0 Å². The molecule has 1 heterocycles. The largest absolute Gasteiger partial charge is 0.352 e. The standard InChI is InChI=1S/C11H9NO2/c1-7(14)11-5-9-8(6-13)3-2-4-10(9)12-11/h2-6,12H,1H3. The summed E-state index contributed by atoms with van der Waals surface area (Å²) in [5.74, 6) is -0.0296. The maximum atomic E-state index is 11.1. The third-order valence-electron chi connectivity index (χ3n) is 2.20. The van der Waals surface area contributed by atoms with Crippen LogP contribution in [0.1, 0.15) is 27.8 Å². The predicted molar refractivity (Wildman–Crippen MR) is 53.7 cm³/mol. The van der Waals surface area contributed by atoms with E-state index < -0.39 is 0 Å². The number of rotatable bonds is 2. The number of Topliss-reactive ketones (excluding diaryl/α,β-unsaturated/α-hetero) is 1. The van der Waals surface area contributed by atoms with Gasteiger partial charge in [0.15, 0.2) is 12.1 Å². The van der Waals surface area contributed by atoms with Crippen LogP contribution in [-0.2, 0) is 0 Å². The van der Waals surface area contributed by atoms with Gasteiger partial charge in [0.25, 0.3) is 0 Å². The zero-order valence-electron chi connectivity index (χ0n) is 7.70. The number of ketones is 1. The molecule has 1 N–H and O–H groups in total. The van der Waals surface area contributed by atoms with Gasteiger partial charge in [-0.25, -0.2) is 0 Å². The number of carbonyl (C=O) groups excluding carboxylic acids is 2. The number of aromatic amines is 1. The summed E-state index contributed by atoms with van der Waals surface area (Å²) >= 11 is 0. The molecule has 1 aromatic heterocycles. The van der Waals surface area contributed by atoms with Gasteiger partial charge in [0.2, 0.25) is 0 Å². The number of H-pyrrole nitrogens is 1. The molecule has 70 valence electrons. The van der Waals surface area contributed by atoms with Gasteiger partial charge in [0.1, 0.15) is 0 Å². The summed E-state index contributed by atoms with van der Waals surface area (Å²) in [5, 5.41) is 0.799. The summed E-state index contributed by atoms with van der Waals surface area (Å²) in [6.07, 6.45) is 0.792. The first-order valence-electron chi connectivity index (χ1n) is 4.30. The minimum absolute atomic E-state index is 0.0296. The Hall–Kier alpha value is -1.90. The van der Waals surface area contributed by atoms with E-state index in [-0.39, 0.29) is 5.78 Å². The lowest BCUT2D eigenvalue weighted by molar-refractivity contribution is 0.101. The molecule has 0 unspecified atom stereocenters. The fourth-order valence-electron chi connectivity index (χ4n) is 1.47. The molecule has 0 amide bonds. The number of carbonyl (C=O) groups is 2. The summed E-state index contributed by atoms with van der Waals surface area (Å²) < 4.78 is 0. The molecule has 3 heteroatoms. The Morgan fingerprint density at radius 3 is 2.86 bits per heavy atom. The number of aromatic nitrogens is 1. The lowest BCUT2D eigenvalue weighted by Gasteiger charge is -1.91.